The summed E-state index contributed by atoms with van der Waals surface area (Å²) in [6.07, 6.45) is 5.64. The van der Waals surface area contributed by atoms with Gasteiger partial charge in [0.2, 0.25) is 0 Å². The first kappa shape index (κ1) is 24.2. The molecule has 1 aromatic carbocycles. The van der Waals surface area contributed by atoms with Crippen molar-refractivity contribution >= 4 is 11.9 Å². The van der Waals surface area contributed by atoms with Crippen LogP contribution in [0, 0.1) is 11.8 Å². The van der Waals surface area contributed by atoms with E-state index in [2.05, 4.69) is 27.7 Å². The predicted molar refractivity (Wildman–Crippen MR) is 114 cm³/mol. The van der Waals surface area contributed by atoms with Gasteiger partial charge in [0.05, 0.1) is 11.1 Å². The van der Waals surface area contributed by atoms with Gasteiger partial charge in [0, 0.05) is 0 Å². The first-order chi connectivity index (χ1) is 13.4. The van der Waals surface area contributed by atoms with Gasteiger partial charge in [0.1, 0.15) is 12.2 Å². The normalized spacial score (nSPS) is 15.4. The molecule has 0 aliphatic heterocycles. The van der Waals surface area contributed by atoms with E-state index in [0.29, 0.717) is 23.0 Å². The molecule has 0 aliphatic carbocycles. The van der Waals surface area contributed by atoms with E-state index < -0.39 is 0 Å². The van der Waals surface area contributed by atoms with Crippen LogP contribution in [-0.4, -0.2) is 24.1 Å². The van der Waals surface area contributed by atoms with E-state index in [0.717, 1.165) is 38.5 Å². The lowest BCUT2D eigenvalue weighted by Gasteiger charge is -2.23. The summed E-state index contributed by atoms with van der Waals surface area (Å²) in [4.78, 5) is 24.9. The van der Waals surface area contributed by atoms with Gasteiger partial charge in [-0.3, -0.25) is 0 Å². The fourth-order valence-corrected chi connectivity index (χ4v) is 3.64. The summed E-state index contributed by atoms with van der Waals surface area (Å²) < 4.78 is 11.4. The van der Waals surface area contributed by atoms with Crippen molar-refractivity contribution in [2.75, 3.05) is 0 Å². The summed E-state index contributed by atoms with van der Waals surface area (Å²) in [7, 11) is 0. The zero-order valence-corrected chi connectivity index (χ0v) is 18.5. The molecule has 0 heterocycles. The highest BCUT2D eigenvalue weighted by Crippen LogP contribution is 2.20. The van der Waals surface area contributed by atoms with Crippen LogP contribution >= 0.6 is 0 Å². The van der Waals surface area contributed by atoms with Crippen molar-refractivity contribution < 1.29 is 19.1 Å². The standard InChI is InChI=1S/C24H38O4/c1-7-11-17(5)21(9-3)27-23(25)19-13-15-20(16-14-19)24(26)28-22(10-4)18(6)12-8-2/h13-18,21-22H,7-12H2,1-6H3. The molecule has 0 radical (unpaired) electrons. The number of esters is 2. The van der Waals surface area contributed by atoms with Crippen LogP contribution in [0.1, 0.15) is 101 Å². The third-order valence-corrected chi connectivity index (χ3v) is 5.44. The number of carbonyl (C=O) groups is 2. The largest absolute Gasteiger partial charge is 0.459 e. The predicted octanol–water partition coefficient (Wildman–Crippen LogP) is 6.43. The van der Waals surface area contributed by atoms with Gasteiger partial charge in [-0.15, -0.1) is 0 Å². The molecule has 0 aromatic heterocycles. The monoisotopic (exact) mass is 390 g/mol. The maximum Gasteiger partial charge on any atom is 0.338 e. The Morgan fingerprint density at radius 1 is 0.714 bits per heavy atom. The third kappa shape index (κ3) is 7.29. The molecule has 0 bridgehead atoms. The fourth-order valence-electron chi connectivity index (χ4n) is 3.64. The fraction of sp³-hybridized carbons (Fsp3) is 0.667. The highest BCUT2D eigenvalue weighted by atomic mass is 16.5. The molecule has 0 aliphatic rings. The Morgan fingerprint density at radius 3 is 1.29 bits per heavy atom. The number of hydrogen-bond donors (Lipinski definition) is 0. The molecule has 28 heavy (non-hydrogen) atoms. The Morgan fingerprint density at radius 2 is 1.04 bits per heavy atom. The number of rotatable bonds is 12. The summed E-state index contributed by atoms with van der Waals surface area (Å²) in [6, 6.07) is 6.58. The van der Waals surface area contributed by atoms with Crippen molar-refractivity contribution in [2.45, 2.75) is 92.3 Å². The Hall–Kier alpha value is -1.84. The average Bonchev–Trinajstić information content (AvgIpc) is 2.70. The minimum absolute atomic E-state index is 0.0811. The van der Waals surface area contributed by atoms with Gasteiger partial charge in [-0.1, -0.05) is 54.4 Å². The van der Waals surface area contributed by atoms with Crippen LogP contribution in [0.25, 0.3) is 0 Å². The summed E-state index contributed by atoms with van der Waals surface area (Å²) >= 11 is 0. The zero-order valence-electron chi connectivity index (χ0n) is 18.5. The van der Waals surface area contributed by atoms with E-state index in [1.807, 2.05) is 13.8 Å². The van der Waals surface area contributed by atoms with Crippen LogP contribution in [0.15, 0.2) is 24.3 Å². The van der Waals surface area contributed by atoms with Crippen LogP contribution in [0.5, 0.6) is 0 Å². The Kier molecular flexibility index (Phi) is 10.9. The van der Waals surface area contributed by atoms with Gasteiger partial charge in [-0.05, 0) is 61.8 Å². The number of hydrogen-bond acceptors (Lipinski definition) is 4. The second-order valence-corrected chi connectivity index (χ2v) is 7.81. The molecule has 1 rings (SSSR count). The van der Waals surface area contributed by atoms with E-state index in [4.69, 9.17) is 9.47 Å². The van der Waals surface area contributed by atoms with Crippen LogP contribution in [0.3, 0.4) is 0 Å². The van der Waals surface area contributed by atoms with E-state index in [9.17, 15) is 9.59 Å². The van der Waals surface area contributed by atoms with Crippen LogP contribution in [-0.2, 0) is 9.47 Å². The van der Waals surface area contributed by atoms with E-state index in [-0.39, 0.29) is 24.1 Å². The van der Waals surface area contributed by atoms with Gasteiger partial charge in [0.15, 0.2) is 0 Å². The molecule has 158 valence electrons. The molecule has 4 nitrogen and oxygen atoms in total. The summed E-state index contributed by atoms with van der Waals surface area (Å²) in [5.41, 5.74) is 0.926. The maximum atomic E-state index is 12.5. The molecule has 4 unspecified atom stereocenters. The first-order valence-corrected chi connectivity index (χ1v) is 10.9. The maximum absolute atomic E-state index is 12.5. The lowest BCUT2D eigenvalue weighted by Crippen LogP contribution is -2.25. The molecule has 1 aromatic rings. The number of carbonyl (C=O) groups excluding carboxylic acids is 2. The summed E-state index contributed by atoms with van der Waals surface area (Å²) in [5.74, 6) is 0.00373. The van der Waals surface area contributed by atoms with Crippen LogP contribution < -0.4 is 0 Å². The van der Waals surface area contributed by atoms with E-state index in [1.54, 1.807) is 24.3 Å². The SMILES string of the molecule is CCCC(C)C(CC)OC(=O)c1ccc(C(=O)OC(CC)C(C)CCC)cc1. The lowest BCUT2D eigenvalue weighted by molar-refractivity contribution is 0.0125. The van der Waals surface area contributed by atoms with Crippen LogP contribution in [0.4, 0.5) is 0 Å². The van der Waals surface area contributed by atoms with Gasteiger partial charge >= 0.3 is 11.9 Å². The second kappa shape index (κ2) is 12.6. The second-order valence-electron chi connectivity index (χ2n) is 7.81. The van der Waals surface area contributed by atoms with Crippen molar-refractivity contribution in [1.82, 2.24) is 0 Å². The minimum atomic E-state index is -0.335. The Labute approximate surface area is 171 Å². The molecule has 0 amide bonds. The molecule has 4 heteroatoms. The van der Waals surface area contributed by atoms with Crippen molar-refractivity contribution in [3.05, 3.63) is 35.4 Å². The Balaban J connectivity index is 2.73. The topological polar surface area (TPSA) is 52.6 Å². The highest BCUT2D eigenvalue weighted by molar-refractivity contribution is 5.93. The van der Waals surface area contributed by atoms with Gasteiger partial charge in [-0.25, -0.2) is 9.59 Å². The van der Waals surface area contributed by atoms with E-state index in [1.165, 1.54) is 0 Å². The summed E-state index contributed by atoms with van der Waals surface area (Å²) in [6.45, 7) is 12.6. The van der Waals surface area contributed by atoms with E-state index >= 15 is 0 Å². The highest BCUT2D eigenvalue weighted by Gasteiger charge is 2.22. The average molecular weight is 391 g/mol. The molecule has 0 N–H and O–H groups in total. The quantitative estimate of drug-likeness (QED) is 0.386. The number of ether oxygens (including phenoxy) is 2. The van der Waals surface area contributed by atoms with Gasteiger partial charge < -0.3 is 9.47 Å². The molecule has 0 saturated heterocycles. The van der Waals surface area contributed by atoms with Gasteiger partial charge in [-0.2, -0.15) is 0 Å². The third-order valence-electron chi connectivity index (χ3n) is 5.44. The molecule has 0 fully saturated rings. The molecule has 0 spiro atoms. The molecular formula is C24H38O4. The minimum Gasteiger partial charge on any atom is -0.459 e. The van der Waals surface area contributed by atoms with Crippen molar-refractivity contribution in [3.63, 3.8) is 0 Å². The van der Waals surface area contributed by atoms with Crippen molar-refractivity contribution in [1.29, 1.82) is 0 Å². The smallest absolute Gasteiger partial charge is 0.338 e. The van der Waals surface area contributed by atoms with Crippen molar-refractivity contribution in [3.8, 4) is 0 Å². The van der Waals surface area contributed by atoms with Crippen molar-refractivity contribution in [2.24, 2.45) is 11.8 Å². The molecule has 4 atom stereocenters. The molecular weight excluding hydrogens is 352 g/mol. The lowest BCUT2D eigenvalue weighted by atomic mass is 9.97. The molecule has 0 saturated carbocycles. The zero-order chi connectivity index (χ0) is 21.1. The van der Waals surface area contributed by atoms with Gasteiger partial charge in [0.25, 0.3) is 0 Å². The first-order valence-electron chi connectivity index (χ1n) is 10.9. The summed E-state index contributed by atoms with van der Waals surface area (Å²) in [5, 5.41) is 0. The van der Waals surface area contributed by atoms with Crippen LogP contribution in [0.2, 0.25) is 0 Å². The Bertz CT molecular complexity index is 540. The number of benzene rings is 1.